The topological polar surface area (TPSA) is 66.7 Å². The zero-order chi connectivity index (χ0) is 19.7. The van der Waals surface area contributed by atoms with Gasteiger partial charge in [0.1, 0.15) is 11.4 Å². The molecule has 1 amide bonds. The van der Waals surface area contributed by atoms with Crippen LogP contribution in [-0.4, -0.2) is 47.9 Å². The SMILES string of the molecule is CC(=O)c1ccc(N2CCN(C(=O)c3c(C)noc3C(C)C)CC2)c(F)c1. The second-order valence-corrected chi connectivity index (χ2v) is 7.16. The van der Waals surface area contributed by atoms with Crippen LogP contribution in [0.25, 0.3) is 0 Å². The number of halogens is 1. The zero-order valence-corrected chi connectivity index (χ0v) is 16.1. The predicted octanol–water partition coefficient (Wildman–Crippen LogP) is 3.41. The molecule has 2 heterocycles. The van der Waals surface area contributed by atoms with Gasteiger partial charge in [-0.15, -0.1) is 0 Å². The zero-order valence-electron chi connectivity index (χ0n) is 16.1. The predicted molar refractivity (Wildman–Crippen MR) is 99.9 cm³/mol. The standard InChI is InChI=1S/C20H24FN3O3/c1-12(2)19-18(13(3)22-27-19)20(26)24-9-7-23(8-10-24)17-6-5-15(14(4)25)11-16(17)21/h5-6,11-12H,7-10H2,1-4H3. The summed E-state index contributed by atoms with van der Waals surface area (Å²) >= 11 is 0. The van der Waals surface area contributed by atoms with Crippen LogP contribution < -0.4 is 4.90 Å². The molecule has 6 nitrogen and oxygen atoms in total. The van der Waals surface area contributed by atoms with E-state index in [2.05, 4.69) is 5.16 Å². The number of hydrogen-bond acceptors (Lipinski definition) is 5. The molecule has 1 fully saturated rings. The molecule has 144 valence electrons. The minimum atomic E-state index is -0.417. The van der Waals surface area contributed by atoms with Crippen molar-refractivity contribution in [1.82, 2.24) is 10.1 Å². The largest absolute Gasteiger partial charge is 0.366 e. The van der Waals surface area contributed by atoms with E-state index in [1.807, 2.05) is 18.7 Å². The number of rotatable bonds is 4. The summed E-state index contributed by atoms with van der Waals surface area (Å²) in [4.78, 5) is 28.0. The first-order chi connectivity index (χ1) is 12.8. The van der Waals surface area contributed by atoms with E-state index in [4.69, 9.17) is 4.52 Å². The number of hydrogen-bond donors (Lipinski definition) is 0. The maximum atomic E-state index is 14.4. The van der Waals surface area contributed by atoms with Crippen LogP contribution in [0, 0.1) is 12.7 Å². The molecule has 27 heavy (non-hydrogen) atoms. The van der Waals surface area contributed by atoms with Gasteiger partial charge in [-0.1, -0.05) is 19.0 Å². The second kappa shape index (κ2) is 7.50. The number of ketones is 1. The number of anilines is 1. The molecule has 0 N–H and O–H groups in total. The highest BCUT2D eigenvalue weighted by Gasteiger charge is 2.29. The van der Waals surface area contributed by atoms with Crippen LogP contribution in [0.3, 0.4) is 0 Å². The molecule has 3 rings (SSSR count). The van der Waals surface area contributed by atoms with Gasteiger partial charge in [0, 0.05) is 37.7 Å². The van der Waals surface area contributed by atoms with Crippen molar-refractivity contribution in [2.75, 3.05) is 31.1 Å². The number of Topliss-reactive ketones (excluding diaryl/α,β-unsaturated/α-hetero) is 1. The molecule has 0 aliphatic carbocycles. The minimum absolute atomic E-state index is 0.0697. The molecule has 0 saturated carbocycles. The van der Waals surface area contributed by atoms with Crippen molar-refractivity contribution in [3.8, 4) is 0 Å². The smallest absolute Gasteiger partial charge is 0.259 e. The molecule has 2 aromatic rings. The third-order valence-electron chi connectivity index (χ3n) is 4.89. The molecule has 0 radical (unpaired) electrons. The van der Waals surface area contributed by atoms with Gasteiger partial charge < -0.3 is 14.3 Å². The maximum Gasteiger partial charge on any atom is 0.259 e. The summed E-state index contributed by atoms with van der Waals surface area (Å²) in [6.45, 7) is 9.10. The van der Waals surface area contributed by atoms with E-state index < -0.39 is 5.82 Å². The van der Waals surface area contributed by atoms with Crippen LogP contribution in [-0.2, 0) is 0 Å². The molecule has 0 spiro atoms. The lowest BCUT2D eigenvalue weighted by Crippen LogP contribution is -2.49. The lowest BCUT2D eigenvalue weighted by molar-refractivity contribution is 0.0743. The number of aryl methyl sites for hydroxylation is 1. The van der Waals surface area contributed by atoms with Crippen molar-refractivity contribution < 1.29 is 18.5 Å². The van der Waals surface area contributed by atoms with Gasteiger partial charge in [0.25, 0.3) is 5.91 Å². The lowest BCUT2D eigenvalue weighted by atomic mass is 10.0. The van der Waals surface area contributed by atoms with Gasteiger partial charge in [-0.3, -0.25) is 9.59 Å². The van der Waals surface area contributed by atoms with Crippen molar-refractivity contribution in [2.24, 2.45) is 0 Å². The second-order valence-electron chi connectivity index (χ2n) is 7.16. The fourth-order valence-electron chi connectivity index (χ4n) is 3.33. The molecule has 7 heteroatoms. The van der Waals surface area contributed by atoms with Gasteiger partial charge in [0.15, 0.2) is 11.5 Å². The Balaban J connectivity index is 1.72. The Bertz CT molecular complexity index is 867. The first kappa shape index (κ1) is 19.1. The van der Waals surface area contributed by atoms with E-state index in [-0.39, 0.29) is 17.6 Å². The van der Waals surface area contributed by atoms with Crippen LogP contribution in [0.4, 0.5) is 10.1 Å². The van der Waals surface area contributed by atoms with Crippen LogP contribution in [0.15, 0.2) is 22.7 Å². The van der Waals surface area contributed by atoms with Crippen molar-refractivity contribution in [3.05, 3.63) is 46.6 Å². The summed E-state index contributed by atoms with van der Waals surface area (Å²) in [6.07, 6.45) is 0. The van der Waals surface area contributed by atoms with Gasteiger partial charge in [-0.25, -0.2) is 4.39 Å². The van der Waals surface area contributed by atoms with Crippen LogP contribution in [0.5, 0.6) is 0 Å². The Morgan fingerprint density at radius 1 is 1.19 bits per heavy atom. The number of carbonyl (C=O) groups excluding carboxylic acids is 2. The molecule has 0 bridgehead atoms. The molecular formula is C20H24FN3O3. The molecule has 1 aliphatic heterocycles. The van der Waals surface area contributed by atoms with E-state index in [0.29, 0.717) is 54.4 Å². The Morgan fingerprint density at radius 3 is 2.41 bits per heavy atom. The van der Waals surface area contributed by atoms with E-state index in [9.17, 15) is 14.0 Å². The summed E-state index contributed by atoms with van der Waals surface area (Å²) in [5.41, 5.74) is 1.94. The molecule has 0 atom stereocenters. The lowest BCUT2D eigenvalue weighted by Gasteiger charge is -2.36. The van der Waals surface area contributed by atoms with Gasteiger partial charge in [-0.2, -0.15) is 0 Å². The van der Waals surface area contributed by atoms with Crippen molar-refractivity contribution in [3.63, 3.8) is 0 Å². The van der Waals surface area contributed by atoms with Crippen LogP contribution >= 0.6 is 0 Å². The van der Waals surface area contributed by atoms with E-state index in [1.165, 1.54) is 13.0 Å². The first-order valence-corrected chi connectivity index (χ1v) is 9.10. The van der Waals surface area contributed by atoms with Gasteiger partial charge in [0.05, 0.1) is 11.4 Å². The number of nitrogens with zero attached hydrogens (tertiary/aromatic N) is 3. The highest BCUT2D eigenvalue weighted by Crippen LogP contribution is 2.26. The fraction of sp³-hybridized carbons (Fsp3) is 0.450. The Kier molecular flexibility index (Phi) is 5.30. The summed E-state index contributed by atoms with van der Waals surface area (Å²) < 4.78 is 19.7. The maximum absolute atomic E-state index is 14.4. The molecule has 0 unspecified atom stereocenters. The molecular weight excluding hydrogens is 349 g/mol. The number of benzene rings is 1. The van der Waals surface area contributed by atoms with Crippen molar-refractivity contribution >= 4 is 17.4 Å². The van der Waals surface area contributed by atoms with Gasteiger partial charge in [-0.05, 0) is 32.0 Å². The summed E-state index contributed by atoms with van der Waals surface area (Å²) in [5.74, 6) is -0.00372. The Morgan fingerprint density at radius 2 is 1.85 bits per heavy atom. The highest BCUT2D eigenvalue weighted by atomic mass is 19.1. The number of aromatic nitrogens is 1. The normalized spacial score (nSPS) is 14.7. The summed E-state index contributed by atoms with van der Waals surface area (Å²) in [7, 11) is 0. The Labute approximate surface area is 157 Å². The summed E-state index contributed by atoms with van der Waals surface area (Å²) in [5, 5.41) is 3.94. The third kappa shape index (κ3) is 3.72. The monoisotopic (exact) mass is 373 g/mol. The highest BCUT2D eigenvalue weighted by molar-refractivity contribution is 5.96. The average Bonchev–Trinajstić information content (AvgIpc) is 3.03. The minimum Gasteiger partial charge on any atom is -0.366 e. The average molecular weight is 373 g/mol. The molecule has 1 aliphatic rings. The van der Waals surface area contributed by atoms with Gasteiger partial charge >= 0.3 is 0 Å². The number of piperazine rings is 1. The van der Waals surface area contributed by atoms with E-state index in [0.717, 1.165) is 0 Å². The van der Waals surface area contributed by atoms with E-state index >= 15 is 0 Å². The Hall–Kier alpha value is -2.70. The molecule has 1 aromatic carbocycles. The number of carbonyl (C=O) groups is 2. The molecule has 1 aromatic heterocycles. The first-order valence-electron chi connectivity index (χ1n) is 9.10. The van der Waals surface area contributed by atoms with Crippen molar-refractivity contribution in [2.45, 2.75) is 33.6 Å². The van der Waals surface area contributed by atoms with Crippen LogP contribution in [0.1, 0.15) is 58.9 Å². The molecule has 1 saturated heterocycles. The van der Waals surface area contributed by atoms with Gasteiger partial charge in [0.2, 0.25) is 0 Å². The quantitative estimate of drug-likeness (QED) is 0.769. The van der Waals surface area contributed by atoms with Crippen molar-refractivity contribution in [1.29, 1.82) is 0 Å². The third-order valence-corrected chi connectivity index (χ3v) is 4.89. The summed E-state index contributed by atoms with van der Waals surface area (Å²) in [6, 6.07) is 4.53. The van der Waals surface area contributed by atoms with Crippen LogP contribution in [0.2, 0.25) is 0 Å². The number of amides is 1. The van der Waals surface area contributed by atoms with E-state index in [1.54, 1.807) is 24.0 Å². The fourth-order valence-corrected chi connectivity index (χ4v) is 3.33.